The van der Waals surface area contributed by atoms with Gasteiger partial charge in [-0.15, -0.1) is 11.8 Å². The Morgan fingerprint density at radius 2 is 2.50 bits per heavy atom. The van der Waals surface area contributed by atoms with Crippen LogP contribution in [-0.4, -0.2) is 11.9 Å². The van der Waals surface area contributed by atoms with Gasteiger partial charge in [-0.3, -0.25) is 0 Å². The van der Waals surface area contributed by atoms with Gasteiger partial charge in [-0.2, -0.15) is 0 Å². The summed E-state index contributed by atoms with van der Waals surface area (Å²) < 4.78 is 5.39. The summed E-state index contributed by atoms with van der Waals surface area (Å²) in [5.74, 6) is 1.85. The maximum Gasteiger partial charge on any atom is 0.108 e. The van der Waals surface area contributed by atoms with Crippen LogP contribution in [-0.2, 0) is 4.74 Å². The zero-order valence-electron chi connectivity index (χ0n) is 5.69. The normalized spacial score (nSPS) is 36.8. The van der Waals surface area contributed by atoms with E-state index in [1.54, 1.807) is 0 Å². The minimum atomic E-state index is 0.436. The van der Waals surface area contributed by atoms with Gasteiger partial charge in [0.15, 0.2) is 0 Å². The lowest BCUT2D eigenvalue weighted by Gasteiger charge is -2.14. The monoisotopic (exact) mass is 154 g/mol. The van der Waals surface area contributed by atoms with Crippen LogP contribution in [0.4, 0.5) is 0 Å². The summed E-state index contributed by atoms with van der Waals surface area (Å²) in [6.07, 6.45) is 7.70. The molecule has 2 aliphatic rings. The van der Waals surface area contributed by atoms with Crippen LogP contribution >= 0.6 is 11.8 Å². The molecule has 10 heavy (non-hydrogen) atoms. The largest absolute Gasteiger partial charge is 0.497 e. The smallest absolute Gasteiger partial charge is 0.108 e. The molecule has 0 bridgehead atoms. The molecule has 0 aromatic carbocycles. The standard InChI is InChI=1S/C8H10OS/c1-2-8(9-4-1)7-3-5-10-6-7/h1,3-5,7-8H,2,6H2. The summed E-state index contributed by atoms with van der Waals surface area (Å²) in [5, 5.41) is 2.17. The molecule has 2 rings (SSSR count). The number of ether oxygens (including phenoxy) is 1. The first-order chi connectivity index (χ1) is 4.97. The molecule has 2 heteroatoms. The van der Waals surface area contributed by atoms with Crippen LogP contribution in [0.15, 0.2) is 23.8 Å². The molecule has 0 aromatic rings. The van der Waals surface area contributed by atoms with E-state index in [-0.39, 0.29) is 0 Å². The van der Waals surface area contributed by atoms with E-state index >= 15 is 0 Å². The zero-order valence-corrected chi connectivity index (χ0v) is 6.51. The van der Waals surface area contributed by atoms with Crippen molar-refractivity contribution in [2.24, 2.45) is 5.92 Å². The first kappa shape index (κ1) is 6.35. The highest BCUT2D eigenvalue weighted by molar-refractivity contribution is 8.02. The fraction of sp³-hybridized carbons (Fsp3) is 0.500. The van der Waals surface area contributed by atoms with Gasteiger partial charge < -0.3 is 4.74 Å². The lowest BCUT2D eigenvalue weighted by Crippen LogP contribution is -2.17. The van der Waals surface area contributed by atoms with Gasteiger partial charge in [0.1, 0.15) is 6.10 Å². The van der Waals surface area contributed by atoms with E-state index in [0.717, 1.165) is 6.42 Å². The van der Waals surface area contributed by atoms with Crippen molar-refractivity contribution in [3.8, 4) is 0 Å². The maximum absolute atomic E-state index is 5.39. The van der Waals surface area contributed by atoms with Crippen LogP contribution in [0, 0.1) is 5.92 Å². The summed E-state index contributed by atoms with van der Waals surface area (Å²) in [6, 6.07) is 0. The highest BCUT2D eigenvalue weighted by atomic mass is 32.2. The molecule has 2 aliphatic heterocycles. The van der Waals surface area contributed by atoms with Gasteiger partial charge in [0.2, 0.25) is 0 Å². The zero-order chi connectivity index (χ0) is 6.81. The maximum atomic E-state index is 5.39. The number of hydrogen-bond acceptors (Lipinski definition) is 2. The number of hydrogen-bond donors (Lipinski definition) is 0. The summed E-state index contributed by atoms with van der Waals surface area (Å²) >= 11 is 1.88. The molecular weight excluding hydrogens is 144 g/mol. The second-order valence-corrected chi connectivity index (χ2v) is 3.55. The van der Waals surface area contributed by atoms with Gasteiger partial charge in [-0.25, -0.2) is 0 Å². The van der Waals surface area contributed by atoms with Crippen molar-refractivity contribution in [3.63, 3.8) is 0 Å². The molecule has 2 heterocycles. The highest BCUT2D eigenvalue weighted by Gasteiger charge is 2.23. The molecule has 0 radical (unpaired) electrons. The second-order valence-electron chi connectivity index (χ2n) is 2.61. The van der Waals surface area contributed by atoms with Crippen LogP contribution in [0.3, 0.4) is 0 Å². The Hall–Kier alpha value is -0.370. The first-order valence-corrected chi connectivity index (χ1v) is 4.60. The highest BCUT2D eigenvalue weighted by Crippen LogP contribution is 2.28. The van der Waals surface area contributed by atoms with Crippen molar-refractivity contribution < 1.29 is 4.74 Å². The Kier molecular flexibility index (Phi) is 1.72. The van der Waals surface area contributed by atoms with E-state index in [2.05, 4.69) is 17.6 Å². The van der Waals surface area contributed by atoms with Crippen molar-refractivity contribution >= 4 is 11.8 Å². The van der Waals surface area contributed by atoms with Gasteiger partial charge in [-0.1, -0.05) is 6.08 Å². The third-order valence-corrected chi connectivity index (χ3v) is 2.83. The Morgan fingerprint density at radius 1 is 1.50 bits per heavy atom. The number of rotatable bonds is 1. The van der Waals surface area contributed by atoms with Crippen LogP contribution in [0.5, 0.6) is 0 Å². The van der Waals surface area contributed by atoms with E-state index in [0.29, 0.717) is 12.0 Å². The SMILES string of the molecule is C1=COC(C2C=CSC2)C1. The van der Waals surface area contributed by atoms with Crippen molar-refractivity contribution in [2.75, 3.05) is 5.75 Å². The summed E-state index contributed by atoms with van der Waals surface area (Å²) in [7, 11) is 0. The van der Waals surface area contributed by atoms with Crippen molar-refractivity contribution in [1.82, 2.24) is 0 Å². The molecule has 2 unspecified atom stereocenters. The molecule has 0 fully saturated rings. The third kappa shape index (κ3) is 1.08. The van der Waals surface area contributed by atoms with E-state index < -0.39 is 0 Å². The van der Waals surface area contributed by atoms with E-state index in [4.69, 9.17) is 4.74 Å². The molecule has 0 aliphatic carbocycles. The molecule has 1 nitrogen and oxygen atoms in total. The van der Waals surface area contributed by atoms with Crippen LogP contribution in [0.25, 0.3) is 0 Å². The summed E-state index contributed by atoms with van der Waals surface area (Å²) in [6.45, 7) is 0. The van der Waals surface area contributed by atoms with Crippen molar-refractivity contribution in [3.05, 3.63) is 23.8 Å². The summed E-state index contributed by atoms with van der Waals surface area (Å²) in [4.78, 5) is 0. The topological polar surface area (TPSA) is 9.23 Å². The molecule has 0 aromatic heterocycles. The van der Waals surface area contributed by atoms with E-state index in [9.17, 15) is 0 Å². The van der Waals surface area contributed by atoms with Gasteiger partial charge in [0, 0.05) is 18.1 Å². The Labute approximate surface area is 65.1 Å². The molecule has 54 valence electrons. The predicted molar refractivity (Wildman–Crippen MR) is 43.7 cm³/mol. The van der Waals surface area contributed by atoms with Gasteiger partial charge in [0.05, 0.1) is 6.26 Å². The Morgan fingerprint density at radius 3 is 3.10 bits per heavy atom. The van der Waals surface area contributed by atoms with Crippen molar-refractivity contribution in [1.29, 1.82) is 0 Å². The fourth-order valence-electron chi connectivity index (χ4n) is 1.29. The molecule has 0 N–H and O–H groups in total. The summed E-state index contributed by atoms with van der Waals surface area (Å²) in [5.41, 5.74) is 0. The average molecular weight is 154 g/mol. The molecule has 0 saturated heterocycles. The van der Waals surface area contributed by atoms with Crippen LogP contribution in [0.1, 0.15) is 6.42 Å². The predicted octanol–water partition coefficient (Wildman–Crippen LogP) is 2.17. The lowest BCUT2D eigenvalue weighted by molar-refractivity contribution is 0.139. The minimum absolute atomic E-state index is 0.436. The quantitative estimate of drug-likeness (QED) is 0.572. The van der Waals surface area contributed by atoms with Crippen molar-refractivity contribution in [2.45, 2.75) is 12.5 Å². The molecule has 0 spiro atoms. The number of thioether (sulfide) groups is 1. The first-order valence-electron chi connectivity index (χ1n) is 3.55. The van der Waals surface area contributed by atoms with Gasteiger partial charge >= 0.3 is 0 Å². The Bertz CT molecular complexity index is 166. The molecule has 0 saturated carbocycles. The van der Waals surface area contributed by atoms with E-state index in [1.165, 1.54) is 5.75 Å². The van der Waals surface area contributed by atoms with Gasteiger partial charge in [-0.05, 0) is 11.5 Å². The molecular formula is C8H10OS. The van der Waals surface area contributed by atoms with Crippen LogP contribution < -0.4 is 0 Å². The van der Waals surface area contributed by atoms with Gasteiger partial charge in [0.25, 0.3) is 0 Å². The second kappa shape index (κ2) is 2.70. The molecule has 2 atom stereocenters. The lowest BCUT2D eigenvalue weighted by atomic mass is 10.0. The Balaban J connectivity index is 1.93. The minimum Gasteiger partial charge on any atom is -0.497 e. The van der Waals surface area contributed by atoms with Crippen LogP contribution in [0.2, 0.25) is 0 Å². The van der Waals surface area contributed by atoms with E-state index in [1.807, 2.05) is 18.0 Å². The average Bonchev–Trinajstić information content (AvgIpc) is 2.59. The molecule has 0 amide bonds. The third-order valence-electron chi connectivity index (χ3n) is 1.91. The fourth-order valence-corrected chi connectivity index (χ4v) is 2.26.